The first-order valence-electron chi connectivity index (χ1n) is 10.7. The Kier molecular flexibility index (Phi) is 6.22. The van der Waals surface area contributed by atoms with E-state index in [0.29, 0.717) is 12.8 Å². The van der Waals surface area contributed by atoms with Crippen LogP contribution in [0.2, 0.25) is 0 Å². The number of nitrogens with one attached hydrogen (secondary N) is 2. The van der Waals surface area contributed by atoms with Gasteiger partial charge in [0.15, 0.2) is 11.6 Å². The summed E-state index contributed by atoms with van der Waals surface area (Å²) in [6.07, 6.45) is 3.17. The van der Waals surface area contributed by atoms with Crippen LogP contribution in [0.5, 0.6) is 0 Å². The van der Waals surface area contributed by atoms with Gasteiger partial charge in [-0.3, -0.25) is 4.79 Å². The third-order valence-corrected chi connectivity index (χ3v) is 6.20. The van der Waals surface area contributed by atoms with Crippen LogP contribution in [0.3, 0.4) is 0 Å². The monoisotopic (exact) mass is 428 g/mol. The highest BCUT2D eigenvalue weighted by Crippen LogP contribution is 2.30. The van der Waals surface area contributed by atoms with Crippen LogP contribution in [0.4, 0.5) is 27.5 Å². The summed E-state index contributed by atoms with van der Waals surface area (Å²) < 4.78 is 14.3. The van der Waals surface area contributed by atoms with Crippen molar-refractivity contribution < 1.29 is 14.3 Å². The average Bonchev–Trinajstić information content (AvgIpc) is 3.20. The molecular weight excluding hydrogens is 399 g/mol. The summed E-state index contributed by atoms with van der Waals surface area (Å²) in [4.78, 5) is 24.4. The number of anilines is 4. The molecule has 1 aromatic heterocycles. The third-order valence-electron chi connectivity index (χ3n) is 6.20. The SMILES string of the molecule is Cc1cc(Nc2ncc(F)c(N[C@@H]3CCC[C@@H]3C(=O)O)n2)ccc1N1CCN(C)CC1. The van der Waals surface area contributed by atoms with Crippen LogP contribution in [0.25, 0.3) is 0 Å². The van der Waals surface area contributed by atoms with E-state index in [0.717, 1.165) is 50.0 Å². The molecule has 1 saturated heterocycles. The molecule has 1 saturated carbocycles. The van der Waals surface area contributed by atoms with E-state index in [2.05, 4.69) is 50.4 Å². The van der Waals surface area contributed by atoms with E-state index >= 15 is 0 Å². The highest BCUT2D eigenvalue weighted by molar-refractivity contribution is 5.72. The number of likely N-dealkylation sites (N-methyl/N-ethyl adjacent to an activating group) is 1. The van der Waals surface area contributed by atoms with Gasteiger partial charge in [0.25, 0.3) is 0 Å². The second kappa shape index (κ2) is 9.05. The van der Waals surface area contributed by atoms with Crippen molar-refractivity contribution in [1.82, 2.24) is 14.9 Å². The zero-order valence-corrected chi connectivity index (χ0v) is 17.9. The Bertz CT molecular complexity index is 948. The summed E-state index contributed by atoms with van der Waals surface area (Å²) in [5.74, 6) is -1.69. The van der Waals surface area contributed by atoms with Crippen molar-refractivity contribution in [3.05, 3.63) is 35.8 Å². The second-order valence-electron chi connectivity index (χ2n) is 8.43. The molecule has 9 heteroatoms. The van der Waals surface area contributed by atoms with Gasteiger partial charge in [0.05, 0.1) is 12.1 Å². The summed E-state index contributed by atoms with van der Waals surface area (Å²) in [6.45, 7) is 6.16. The summed E-state index contributed by atoms with van der Waals surface area (Å²) in [7, 11) is 2.14. The quantitative estimate of drug-likeness (QED) is 0.646. The molecule has 31 heavy (non-hydrogen) atoms. The van der Waals surface area contributed by atoms with Gasteiger partial charge in [0, 0.05) is 43.6 Å². The Labute approximate surface area is 181 Å². The molecule has 2 aliphatic rings. The first-order valence-corrected chi connectivity index (χ1v) is 10.7. The maximum absolute atomic E-state index is 14.3. The van der Waals surface area contributed by atoms with Crippen LogP contribution in [0.1, 0.15) is 24.8 Å². The number of carboxylic acid groups (broad SMARTS) is 1. The molecule has 0 bridgehead atoms. The van der Waals surface area contributed by atoms with E-state index in [4.69, 9.17) is 0 Å². The number of aliphatic carboxylic acids is 1. The van der Waals surface area contributed by atoms with E-state index in [9.17, 15) is 14.3 Å². The highest BCUT2D eigenvalue weighted by Gasteiger charge is 2.33. The normalized spacial score (nSPS) is 21.8. The van der Waals surface area contributed by atoms with Crippen LogP contribution in [0.15, 0.2) is 24.4 Å². The fourth-order valence-electron chi connectivity index (χ4n) is 4.40. The molecule has 0 amide bonds. The number of piperazine rings is 1. The molecule has 1 aliphatic heterocycles. The predicted molar refractivity (Wildman–Crippen MR) is 119 cm³/mol. The minimum atomic E-state index is -0.862. The molecule has 1 aromatic carbocycles. The van der Waals surface area contributed by atoms with Gasteiger partial charge in [-0.2, -0.15) is 4.98 Å². The van der Waals surface area contributed by atoms with E-state index in [1.165, 1.54) is 5.69 Å². The largest absolute Gasteiger partial charge is 0.481 e. The Balaban J connectivity index is 1.46. The molecule has 4 rings (SSSR count). The topological polar surface area (TPSA) is 93.6 Å². The number of rotatable bonds is 6. The standard InChI is InChI=1S/C22H29FN6O2/c1-14-12-15(6-7-19(14)29-10-8-28(2)9-11-29)25-22-24-13-17(23)20(27-22)26-18-5-3-4-16(18)21(30)31/h6-7,12-13,16,18H,3-5,8-11H2,1-2H3,(H,30,31)(H2,24,25,26,27)/t16-,18+/m0/s1. The van der Waals surface area contributed by atoms with Crippen molar-refractivity contribution in [2.45, 2.75) is 32.2 Å². The van der Waals surface area contributed by atoms with Crippen molar-refractivity contribution in [3.63, 3.8) is 0 Å². The molecule has 1 aliphatic carbocycles. The minimum Gasteiger partial charge on any atom is -0.481 e. The average molecular weight is 429 g/mol. The lowest BCUT2D eigenvalue weighted by atomic mass is 10.0. The molecule has 0 radical (unpaired) electrons. The lowest BCUT2D eigenvalue weighted by molar-refractivity contribution is -0.141. The number of aryl methyl sites for hydroxylation is 1. The van der Waals surface area contributed by atoms with Gasteiger partial charge < -0.3 is 25.5 Å². The first kappa shape index (κ1) is 21.3. The molecule has 8 nitrogen and oxygen atoms in total. The Hall–Kier alpha value is -2.94. The molecule has 0 spiro atoms. The van der Waals surface area contributed by atoms with Crippen molar-refractivity contribution in [2.75, 3.05) is 48.8 Å². The minimum absolute atomic E-state index is 0.0291. The van der Waals surface area contributed by atoms with Crippen LogP contribution in [-0.4, -0.2) is 65.2 Å². The van der Waals surface area contributed by atoms with Crippen molar-refractivity contribution in [1.29, 1.82) is 0 Å². The maximum Gasteiger partial charge on any atom is 0.308 e. The van der Waals surface area contributed by atoms with Crippen LogP contribution < -0.4 is 15.5 Å². The number of carbonyl (C=O) groups is 1. The fraction of sp³-hybridized carbons (Fsp3) is 0.500. The lowest BCUT2D eigenvalue weighted by Gasteiger charge is -2.35. The molecule has 0 unspecified atom stereocenters. The summed E-state index contributed by atoms with van der Waals surface area (Å²) in [6, 6.07) is 5.75. The maximum atomic E-state index is 14.3. The molecular formula is C22H29FN6O2. The van der Waals surface area contributed by atoms with Gasteiger partial charge in [-0.05, 0) is 50.6 Å². The predicted octanol–water partition coefficient (Wildman–Crippen LogP) is 3.08. The van der Waals surface area contributed by atoms with E-state index < -0.39 is 17.7 Å². The van der Waals surface area contributed by atoms with E-state index in [-0.39, 0.29) is 17.8 Å². The molecule has 2 heterocycles. The Morgan fingerprint density at radius 3 is 2.71 bits per heavy atom. The number of benzene rings is 1. The zero-order chi connectivity index (χ0) is 22.0. The van der Waals surface area contributed by atoms with Crippen molar-refractivity contribution in [3.8, 4) is 0 Å². The molecule has 166 valence electrons. The second-order valence-corrected chi connectivity index (χ2v) is 8.43. The summed E-state index contributed by atoms with van der Waals surface area (Å²) in [5.41, 5.74) is 3.17. The van der Waals surface area contributed by atoms with Gasteiger partial charge in [0.2, 0.25) is 5.95 Å². The first-order chi connectivity index (χ1) is 14.9. The zero-order valence-electron chi connectivity index (χ0n) is 17.9. The Morgan fingerprint density at radius 1 is 1.23 bits per heavy atom. The fourth-order valence-corrected chi connectivity index (χ4v) is 4.40. The third kappa shape index (κ3) is 4.87. The molecule has 2 atom stereocenters. The smallest absolute Gasteiger partial charge is 0.308 e. The van der Waals surface area contributed by atoms with Crippen LogP contribution >= 0.6 is 0 Å². The summed E-state index contributed by atoms with van der Waals surface area (Å²) in [5, 5.41) is 15.5. The summed E-state index contributed by atoms with van der Waals surface area (Å²) >= 11 is 0. The lowest BCUT2D eigenvalue weighted by Crippen LogP contribution is -2.44. The van der Waals surface area contributed by atoms with Gasteiger partial charge >= 0.3 is 5.97 Å². The van der Waals surface area contributed by atoms with Gasteiger partial charge in [-0.25, -0.2) is 9.37 Å². The van der Waals surface area contributed by atoms with Gasteiger partial charge in [-0.1, -0.05) is 6.42 Å². The van der Waals surface area contributed by atoms with Crippen LogP contribution in [0, 0.1) is 18.7 Å². The van der Waals surface area contributed by atoms with Gasteiger partial charge in [0.1, 0.15) is 0 Å². The van der Waals surface area contributed by atoms with Crippen molar-refractivity contribution in [2.24, 2.45) is 5.92 Å². The molecule has 3 N–H and O–H groups in total. The number of hydrogen-bond acceptors (Lipinski definition) is 7. The van der Waals surface area contributed by atoms with Crippen LogP contribution in [-0.2, 0) is 4.79 Å². The molecule has 2 fully saturated rings. The number of halogens is 1. The highest BCUT2D eigenvalue weighted by atomic mass is 19.1. The Morgan fingerprint density at radius 2 is 2.00 bits per heavy atom. The van der Waals surface area contributed by atoms with Gasteiger partial charge in [-0.15, -0.1) is 0 Å². The van der Waals surface area contributed by atoms with E-state index in [1.807, 2.05) is 12.1 Å². The molecule has 2 aromatic rings. The number of aromatic nitrogens is 2. The number of carboxylic acids is 1. The number of hydrogen-bond donors (Lipinski definition) is 3. The van der Waals surface area contributed by atoms with E-state index in [1.54, 1.807) is 0 Å². The number of nitrogens with zero attached hydrogens (tertiary/aromatic N) is 4. The van der Waals surface area contributed by atoms with Crippen molar-refractivity contribution >= 4 is 29.1 Å².